The van der Waals surface area contributed by atoms with Crippen LogP contribution in [0.15, 0.2) is 60.7 Å². The predicted molar refractivity (Wildman–Crippen MR) is 135 cm³/mol. The summed E-state index contributed by atoms with van der Waals surface area (Å²) < 4.78 is 0. The molecule has 0 aliphatic heterocycles. The second-order valence-electron chi connectivity index (χ2n) is 8.54. The van der Waals surface area contributed by atoms with Gasteiger partial charge in [0.05, 0.1) is 12.1 Å². The van der Waals surface area contributed by atoms with Crippen LogP contribution in [-0.2, 0) is 0 Å². The monoisotopic (exact) mass is 452 g/mol. The third kappa shape index (κ3) is 11.4. The number of nitrogens with one attached hydrogen (secondary N) is 4. The average Bonchev–Trinajstić information content (AvgIpc) is 2.83. The third-order valence-electron chi connectivity index (χ3n) is 5.72. The van der Waals surface area contributed by atoms with Crippen LogP contribution in [0.4, 0.5) is 9.59 Å². The Labute approximate surface area is 198 Å². The number of amides is 4. The fourth-order valence-corrected chi connectivity index (χ4v) is 3.68. The summed E-state index contributed by atoms with van der Waals surface area (Å²) in [5, 5.41) is 11.8. The number of rotatable bonds is 14. The van der Waals surface area contributed by atoms with Gasteiger partial charge in [-0.25, -0.2) is 9.59 Å². The van der Waals surface area contributed by atoms with E-state index in [1.807, 2.05) is 74.5 Å². The lowest BCUT2D eigenvalue weighted by atomic mass is 10.1. The van der Waals surface area contributed by atoms with Crippen molar-refractivity contribution < 1.29 is 9.59 Å². The van der Waals surface area contributed by atoms with Gasteiger partial charge in [-0.05, 0) is 37.8 Å². The number of carbonyl (C=O) groups is 2. The van der Waals surface area contributed by atoms with Gasteiger partial charge < -0.3 is 21.3 Å². The molecule has 0 saturated heterocycles. The highest BCUT2D eigenvalue weighted by molar-refractivity contribution is 5.74. The first-order chi connectivity index (χ1) is 16.1. The van der Waals surface area contributed by atoms with Gasteiger partial charge in [-0.15, -0.1) is 0 Å². The van der Waals surface area contributed by atoms with Crippen LogP contribution >= 0.6 is 0 Å². The van der Waals surface area contributed by atoms with Crippen LogP contribution in [0.25, 0.3) is 0 Å². The molecule has 0 spiro atoms. The molecular weight excluding hydrogens is 412 g/mol. The highest BCUT2D eigenvalue weighted by atomic mass is 16.2. The maximum absolute atomic E-state index is 12.0. The van der Waals surface area contributed by atoms with Crippen molar-refractivity contribution in [3.05, 3.63) is 71.8 Å². The van der Waals surface area contributed by atoms with Gasteiger partial charge in [-0.1, -0.05) is 92.8 Å². The van der Waals surface area contributed by atoms with E-state index in [1.54, 1.807) is 0 Å². The maximum atomic E-state index is 12.0. The third-order valence-corrected chi connectivity index (χ3v) is 5.72. The molecule has 0 aromatic heterocycles. The SMILES string of the molecule is C[C@@H](NC(=O)NCCCCCCCCCNC(=O)N[C@H](C)c1ccccc1)c1ccccc1. The maximum Gasteiger partial charge on any atom is 0.315 e. The number of hydrogen-bond donors (Lipinski definition) is 4. The van der Waals surface area contributed by atoms with Crippen LogP contribution in [0.1, 0.15) is 82.0 Å². The van der Waals surface area contributed by atoms with Gasteiger partial charge in [0.15, 0.2) is 0 Å². The Morgan fingerprint density at radius 3 is 1.27 bits per heavy atom. The molecule has 0 heterocycles. The molecule has 6 heteroatoms. The molecule has 0 radical (unpaired) electrons. The second-order valence-corrected chi connectivity index (χ2v) is 8.54. The van der Waals surface area contributed by atoms with E-state index in [0.29, 0.717) is 13.1 Å². The van der Waals surface area contributed by atoms with Crippen molar-refractivity contribution in [1.82, 2.24) is 21.3 Å². The van der Waals surface area contributed by atoms with Crippen LogP contribution in [0.2, 0.25) is 0 Å². The van der Waals surface area contributed by atoms with E-state index in [9.17, 15) is 9.59 Å². The minimum absolute atomic E-state index is 0.000900. The van der Waals surface area contributed by atoms with E-state index < -0.39 is 0 Å². The van der Waals surface area contributed by atoms with Crippen molar-refractivity contribution in [1.29, 1.82) is 0 Å². The normalized spacial score (nSPS) is 12.4. The molecule has 2 aromatic carbocycles. The molecular formula is C27H40N4O2. The van der Waals surface area contributed by atoms with Crippen molar-refractivity contribution in [2.45, 2.75) is 70.9 Å². The van der Waals surface area contributed by atoms with Gasteiger partial charge in [0.1, 0.15) is 0 Å². The Bertz CT molecular complexity index is 731. The molecule has 4 amide bonds. The number of unbranched alkanes of at least 4 members (excludes halogenated alkanes) is 6. The smallest absolute Gasteiger partial charge is 0.315 e. The summed E-state index contributed by atoms with van der Waals surface area (Å²) in [5.41, 5.74) is 2.20. The van der Waals surface area contributed by atoms with Gasteiger partial charge in [-0.3, -0.25) is 0 Å². The molecule has 0 bridgehead atoms. The van der Waals surface area contributed by atoms with Gasteiger partial charge in [0, 0.05) is 13.1 Å². The second kappa shape index (κ2) is 15.7. The van der Waals surface area contributed by atoms with Gasteiger partial charge >= 0.3 is 12.1 Å². The molecule has 180 valence electrons. The van der Waals surface area contributed by atoms with E-state index in [-0.39, 0.29) is 24.1 Å². The van der Waals surface area contributed by atoms with E-state index in [1.165, 1.54) is 19.3 Å². The molecule has 0 unspecified atom stereocenters. The number of benzene rings is 2. The fraction of sp³-hybridized carbons (Fsp3) is 0.481. The average molecular weight is 453 g/mol. The summed E-state index contributed by atoms with van der Waals surface area (Å²) in [6.07, 6.45) is 7.76. The van der Waals surface area contributed by atoms with Crippen LogP contribution in [-0.4, -0.2) is 25.2 Å². The summed E-state index contributed by atoms with van der Waals surface area (Å²) in [5.74, 6) is 0. The molecule has 33 heavy (non-hydrogen) atoms. The number of hydrogen-bond acceptors (Lipinski definition) is 2. The fourth-order valence-electron chi connectivity index (χ4n) is 3.68. The Kier molecular flexibility index (Phi) is 12.5. The van der Waals surface area contributed by atoms with E-state index in [4.69, 9.17) is 0 Å². The molecule has 2 atom stereocenters. The molecule has 0 aliphatic carbocycles. The minimum Gasteiger partial charge on any atom is -0.338 e. The summed E-state index contributed by atoms with van der Waals surface area (Å²) in [7, 11) is 0. The Hall–Kier alpha value is -3.02. The van der Waals surface area contributed by atoms with E-state index in [2.05, 4.69) is 21.3 Å². The van der Waals surface area contributed by atoms with Crippen molar-refractivity contribution in [3.63, 3.8) is 0 Å². The molecule has 2 rings (SSSR count). The van der Waals surface area contributed by atoms with Crippen LogP contribution < -0.4 is 21.3 Å². The molecule has 0 saturated carbocycles. The summed E-state index contributed by atoms with van der Waals surface area (Å²) >= 11 is 0. The molecule has 2 aromatic rings. The summed E-state index contributed by atoms with van der Waals surface area (Å²) in [6, 6.07) is 19.7. The van der Waals surface area contributed by atoms with Crippen molar-refractivity contribution >= 4 is 12.1 Å². The lowest BCUT2D eigenvalue weighted by Crippen LogP contribution is -2.37. The van der Waals surface area contributed by atoms with Gasteiger partial charge in [0.25, 0.3) is 0 Å². The first-order valence-electron chi connectivity index (χ1n) is 12.2. The van der Waals surface area contributed by atoms with Crippen LogP contribution in [0.3, 0.4) is 0 Å². The van der Waals surface area contributed by atoms with Crippen LogP contribution in [0.5, 0.6) is 0 Å². The Balaban J connectivity index is 1.38. The molecule has 4 N–H and O–H groups in total. The van der Waals surface area contributed by atoms with Crippen LogP contribution in [0, 0.1) is 0 Å². The lowest BCUT2D eigenvalue weighted by molar-refractivity contribution is 0.237. The first kappa shape index (κ1) is 26.2. The van der Waals surface area contributed by atoms with Gasteiger partial charge in [-0.2, -0.15) is 0 Å². The quantitative estimate of drug-likeness (QED) is 0.272. The highest BCUT2D eigenvalue weighted by Crippen LogP contribution is 2.12. The molecule has 0 fully saturated rings. The van der Waals surface area contributed by atoms with E-state index in [0.717, 1.165) is 36.8 Å². The predicted octanol–water partition coefficient (Wildman–Crippen LogP) is 5.84. The summed E-state index contributed by atoms with van der Waals surface area (Å²) in [6.45, 7) is 5.38. The standard InChI is InChI=1S/C27H40N4O2/c1-22(24-16-10-8-11-17-24)30-26(32)28-20-14-6-4-3-5-7-15-21-29-27(33)31-23(2)25-18-12-9-13-19-25/h8-13,16-19,22-23H,3-7,14-15,20-21H2,1-2H3,(H2,28,30,32)(H2,29,31,33)/t22-,23-/m1/s1. The van der Waals surface area contributed by atoms with Gasteiger partial charge in [0.2, 0.25) is 0 Å². The first-order valence-corrected chi connectivity index (χ1v) is 12.2. The minimum atomic E-state index is -0.110. The van der Waals surface area contributed by atoms with Crippen molar-refractivity contribution in [3.8, 4) is 0 Å². The van der Waals surface area contributed by atoms with Crippen molar-refractivity contribution in [2.75, 3.05) is 13.1 Å². The summed E-state index contributed by atoms with van der Waals surface area (Å²) in [4.78, 5) is 24.0. The topological polar surface area (TPSA) is 82.3 Å². The molecule has 6 nitrogen and oxygen atoms in total. The molecule has 0 aliphatic rings. The van der Waals surface area contributed by atoms with E-state index >= 15 is 0 Å². The lowest BCUT2D eigenvalue weighted by Gasteiger charge is -2.15. The number of urea groups is 2. The highest BCUT2D eigenvalue weighted by Gasteiger charge is 2.09. The Morgan fingerprint density at radius 1 is 0.576 bits per heavy atom. The Morgan fingerprint density at radius 2 is 0.909 bits per heavy atom. The zero-order chi connectivity index (χ0) is 23.7. The number of carbonyl (C=O) groups excluding carboxylic acids is 2. The van der Waals surface area contributed by atoms with Crippen molar-refractivity contribution in [2.24, 2.45) is 0 Å². The zero-order valence-electron chi connectivity index (χ0n) is 20.1. The largest absolute Gasteiger partial charge is 0.338 e. The zero-order valence-corrected chi connectivity index (χ0v) is 20.1.